The van der Waals surface area contributed by atoms with Gasteiger partial charge < -0.3 is 14.5 Å². The maximum absolute atomic E-state index is 13.3. The van der Waals surface area contributed by atoms with Crippen molar-refractivity contribution < 1.29 is 18.3 Å². The van der Waals surface area contributed by atoms with Gasteiger partial charge in [-0.25, -0.2) is 8.78 Å². The van der Waals surface area contributed by atoms with Crippen molar-refractivity contribution in [1.29, 1.82) is 0 Å². The first-order valence-electron chi connectivity index (χ1n) is 9.15. The largest absolute Gasteiger partial charge is 0.371 e. The summed E-state index contributed by atoms with van der Waals surface area (Å²) in [5.74, 6) is -1.20. The number of amides is 1. The fourth-order valence-electron chi connectivity index (χ4n) is 4.29. The van der Waals surface area contributed by atoms with Crippen LogP contribution in [0.4, 0.5) is 8.78 Å². The molecule has 0 saturated carbocycles. The minimum Gasteiger partial charge on any atom is -0.371 e. The Balaban J connectivity index is 1.29. The van der Waals surface area contributed by atoms with Crippen LogP contribution in [0.1, 0.15) is 36.0 Å². The molecule has 0 radical (unpaired) electrons. The van der Waals surface area contributed by atoms with E-state index in [2.05, 4.69) is 4.90 Å². The number of benzene rings is 1. The summed E-state index contributed by atoms with van der Waals surface area (Å²) in [5.41, 5.74) is -0.182. The van der Waals surface area contributed by atoms with Gasteiger partial charge in [0.1, 0.15) is 17.2 Å². The highest BCUT2D eigenvalue weighted by Crippen LogP contribution is 2.37. The van der Waals surface area contributed by atoms with Gasteiger partial charge in [0.2, 0.25) is 0 Å². The number of hydrogen-bond donors (Lipinski definition) is 0. The molecule has 1 aromatic carbocycles. The van der Waals surface area contributed by atoms with Crippen LogP contribution in [0, 0.1) is 17.6 Å². The monoisotopic (exact) mass is 350 g/mol. The molecular weight excluding hydrogens is 326 g/mol. The van der Waals surface area contributed by atoms with Gasteiger partial charge in [0.25, 0.3) is 5.91 Å². The van der Waals surface area contributed by atoms with Crippen LogP contribution in [-0.2, 0) is 4.74 Å². The van der Waals surface area contributed by atoms with Crippen LogP contribution in [-0.4, -0.2) is 60.6 Å². The Kier molecular flexibility index (Phi) is 4.50. The van der Waals surface area contributed by atoms with Crippen molar-refractivity contribution in [1.82, 2.24) is 9.80 Å². The molecule has 3 aliphatic rings. The number of ether oxygens (including phenoxy) is 1. The number of likely N-dealkylation sites (tertiary alicyclic amines) is 2. The Morgan fingerprint density at radius 2 is 1.84 bits per heavy atom. The standard InChI is InChI=1S/C19H24F2N2O2/c20-16-7-15(8-17(21)9-16)18(24)23-12-19(13-23)4-3-14(11-25-19)10-22-5-1-2-6-22/h7-9,14H,1-6,10-13H2. The van der Waals surface area contributed by atoms with Gasteiger partial charge >= 0.3 is 0 Å². The molecule has 1 unspecified atom stereocenters. The molecule has 1 spiro atoms. The van der Waals surface area contributed by atoms with Crippen molar-refractivity contribution in [3.05, 3.63) is 35.4 Å². The Morgan fingerprint density at radius 1 is 1.16 bits per heavy atom. The van der Waals surface area contributed by atoms with E-state index in [1.165, 1.54) is 25.9 Å². The van der Waals surface area contributed by atoms with E-state index in [1.54, 1.807) is 4.90 Å². The summed E-state index contributed by atoms with van der Waals surface area (Å²) in [6.45, 7) is 5.29. The van der Waals surface area contributed by atoms with E-state index in [-0.39, 0.29) is 17.1 Å². The van der Waals surface area contributed by atoms with Gasteiger partial charge in [0.05, 0.1) is 19.7 Å². The molecular formula is C19H24F2N2O2. The lowest BCUT2D eigenvalue weighted by atomic mass is 9.82. The number of nitrogens with zero attached hydrogens (tertiary/aromatic N) is 2. The third kappa shape index (κ3) is 3.55. The van der Waals surface area contributed by atoms with Crippen LogP contribution in [0.25, 0.3) is 0 Å². The zero-order valence-corrected chi connectivity index (χ0v) is 14.3. The Morgan fingerprint density at radius 3 is 2.44 bits per heavy atom. The first-order valence-corrected chi connectivity index (χ1v) is 9.15. The van der Waals surface area contributed by atoms with Crippen molar-refractivity contribution in [3.63, 3.8) is 0 Å². The van der Waals surface area contributed by atoms with E-state index in [0.717, 1.165) is 44.2 Å². The summed E-state index contributed by atoms with van der Waals surface area (Å²) in [6.07, 6.45) is 4.67. The molecule has 3 aliphatic heterocycles. The predicted molar refractivity (Wildman–Crippen MR) is 89.3 cm³/mol. The van der Waals surface area contributed by atoms with Crippen molar-refractivity contribution >= 4 is 5.91 Å². The average Bonchev–Trinajstić information content (AvgIpc) is 3.05. The fraction of sp³-hybridized carbons (Fsp3) is 0.632. The summed E-state index contributed by atoms with van der Waals surface area (Å²) in [6, 6.07) is 2.95. The van der Waals surface area contributed by atoms with Crippen molar-refractivity contribution in [2.75, 3.05) is 39.3 Å². The highest BCUT2D eigenvalue weighted by atomic mass is 19.1. The number of rotatable bonds is 3. The molecule has 3 fully saturated rings. The summed E-state index contributed by atoms with van der Waals surface area (Å²) in [7, 11) is 0. The highest BCUT2D eigenvalue weighted by molar-refractivity contribution is 5.95. The smallest absolute Gasteiger partial charge is 0.254 e. The third-order valence-corrected chi connectivity index (χ3v) is 5.70. The van der Waals surface area contributed by atoms with Gasteiger partial charge in [-0.1, -0.05) is 0 Å². The van der Waals surface area contributed by atoms with Gasteiger partial charge in [0, 0.05) is 18.2 Å². The first kappa shape index (κ1) is 16.9. The van der Waals surface area contributed by atoms with Crippen LogP contribution in [0.5, 0.6) is 0 Å². The topological polar surface area (TPSA) is 32.8 Å². The van der Waals surface area contributed by atoms with Crippen molar-refractivity contribution in [3.8, 4) is 0 Å². The van der Waals surface area contributed by atoms with Crippen LogP contribution >= 0.6 is 0 Å². The number of carbonyl (C=O) groups is 1. The molecule has 0 bridgehead atoms. The van der Waals surface area contributed by atoms with Crippen molar-refractivity contribution in [2.24, 2.45) is 5.92 Å². The third-order valence-electron chi connectivity index (χ3n) is 5.70. The number of hydrogen-bond acceptors (Lipinski definition) is 3. The summed E-state index contributed by atoms with van der Waals surface area (Å²) < 4.78 is 32.7. The molecule has 0 aromatic heterocycles. The Bertz CT molecular complexity index is 625. The lowest BCUT2D eigenvalue weighted by Crippen LogP contribution is -2.66. The summed E-state index contributed by atoms with van der Waals surface area (Å²) in [5, 5.41) is 0. The molecule has 4 rings (SSSR count). The van der Waals surface area contributed by atoms with Crippen LogP contribution < -0.4 is 0 Å². The van der Waals surface area contributed by atoms with Gasteiger partial charge in [-0.3, -0.25) is 4.79 Å². The molecule has 136 valence electrons. The zero-order chi connectivity index (χ0) is 17.4. The Hall–Kier alpha value is -1.53. The molecule has 0 aliphatic carbocycles. The quantitative estimate of drug-likeness (QED) is 0.840. The second kappa shape index (κ2) is 6.65. The average molecular weight is 350 g/mol. The van der Waals surface area contributed by atoms with Gasteiger partial charge in [-0.05, 0) is 56.8 Å². The van der Waals surface area contributed by atoms with Crippen LogP contribution in [0.2, 0.25) is 0 Å². The first-order chi connectivity index (χ1) is 12.0. The normalized spacial score (nSPS) is 26.0. The van der Waals surface area contributed by atoms with Crippen molar-refractivity contribution in [2.45, 2.75) is 31.3 Å². The lowest BCUT2D eigenvalue weighted by molar-refractivity contribution is -0.168. The highest BCUT2D eigenvalue weighted by Gasteiger charge is 2.48. The van der Waals surface area contributed by atoms with E-state index < -0.39 is 11.6 Å². The number of halogens is 2. The van der Waals surface area contributed by atoms with E-state index >= 15 is 0 Å². The molecule has 0 N–H and O–H groups in total. The van der Waals surface area contributed by atoms with Gasteiger partial charge in [-0.2, -0.15) is 0 Å². The lowest BCUT2D eigenvalue weighted by Gasteiger charge is -2.53. The molecule has 1 amide bonds. The maximum Gasteiger partial charge on any atom is 0.254 e. The minimum atomic E-state index is -0.725. The zero-order valence-electron chi connectivity index (χ0n) is 14.3. The maximum atomic E-state index is 13.3. The van der Waals surface area contributed by atoms with Crippen LogP contribution in [0.15, 0.2) is 18.2 Å². The molecule has 3 saturated heterocycles. The predicted octanol–water partition coefficient (Wildman–Crippen LogP) is 2.68. The van der Waals surface area contributed by atoms with Gasteiger partial charge in [0.15, 0.2) is 0 Å². The molecule has 4 nitrogen and oxygen atoms in total. The van der Waals surface area contributed by atoms with E-state index in [0.29, 0.717) is 19.0 Å². The molecule has 25 heavy (non-hydrogen) atoms. The molecule has 1 atom stereocenters. The Labute approximate surface area is 146 Å². The van der Waals surface area contributed by atoms with E-state index in [4.69, 9.17) is 4.74 Å². The van der Waals surface area contributed by atoms with E-state index in [1.807, 2.05) is 0 Å². The van der Waals surface area contributed by atoms with E-state index in [9.17, 15) is 13.6 Å². The number of carbonyl (C=O) groups excluding carboxylic acids is 1. The summed E-state index contributed by atoms with van der Waals surface area (Å²) in [4.78, 5) is 16.5. The van der Waals surface area contributed by atoms with Crippen LogP contribution in [0.3, 0.4) is 0 Å². The molecule has 1 aromatic rings. The fourth-order valence-corrected chi connectivity index (χ4v) is 4.29. The molecule has 3 heterocycles. The minimum absolute atomic E-state index is 0.0649. The SMILES string of the molecule is O=C(c1cc(F)cc(F)c1)N1CC2(CCC(CN3CCCC3)CO2)C1. The summed E-state index contributed by atoms with van der Waals surface area (Å²) >= 11 is 0. The van der Waals surface area contributed by atoms with Gasteiger partial charge in [-0.15, -0.1) is 0 Å². The second-order valence-electron chi connectivity index (χ2n) is 7.73. The molecule has 6 heteroatoms. The second-order valence-corrected chi connectivity index (χ2v) is 7.73.